The molecule has 1 aromatic carbocycles. The monoisotopic (exact) mass is 271 g/mol. The van der Waals surface area contributed by atoms with Crippen LogP contribution in [0.25, 0.3) is 0 Å². The molecule has 2 nitrogen and oxygen atoms in total. The van der Waals surface area contributed by atoms with Gasteiger partial charge in [0.1, 0.15) is 5.82 Å². The van der Waals surface area contributed by atoms with Gasteiger partial charge in [-0.1, -0.05) is 24.4 Å². The molecule has 1 aliphatic rings. The minimum absolute atomic E-state index is 0.0757. The van der Waals surface area contributed by atoms with Gasteiger partial charge in [0, 0.05) is 12.1 Å². The maximum absolute atomic E-state index is 13.4. The fourth-order valence-corrected chi connectivity index (χ4v) is 3.25. The molecule has 1 saturated carbocycles. The predicted octanol–water partition coefficient (Wildman–Crippen LogP) is 3.70. The van der Waals surface area contributed by atoms with Crippen LogP contribution in [0, 0.1) is 5.82 Å². The topological polar surface area (TPSA) is 21.3 Å². The summed E-state index contributed by atoms with van der Waals surface area (Å²) in [5, 5.41) is 3.83. The van der Waals surface area contributed by atoms with E-state index >= 15 is 0 Å². The molecule has 0 amide bonds. The van der Waals surface area contributed by atoms with E-state index in [0.717, 1.165) is 31.2 Å². The van der Waals surface area contributed by atoms with Gasteiger partial charge in [-0.15, -0.1) is 0 Å². The molecule has 100 valence electrons. The van der Waals surface area contributed by atoms with Crippen LogP contribution in [0.1, 0.15) is 37.3 Å². The first-order chi connectivity index (χ1) is 8.63. The molecule has 4 heteroatoms. The van der Waals surface area contributed by atoms with E-state index in [2.05, 4.69) is 5.32 Å². The van der Waals surface area contributed by atoms with Gasteiger partial charge >= 0.3 is 0 Å². The largest absolute Gasteiger partial charge is 0.376 e. The van der Waals surface area contributed by atoms with Crippen LogP contribution in [0.15, 0.2) is 18.2 Å². The van der Waals surface area contributed by atoms with Gasteiger partial charge in [-0.05, 0) is 43.7 Å². The molecule has 0 saturated heterocycles. The van der Waals surface area contributed by atoms with Crippen LogP contribution in [0.4, 0.5) is 4.39 Å². The van der Waals surface area contributed by atoms with Gasteiger partial charge in [0.25, 0.3) is 0 Å². The van der Waals surface area contributed by atoms with Crippen molar-refractivity contribution in [2.24, 2.45) is 0 Å². The van der Waals surface area contributed by atoms with Crippen molar-refractivity contribution in [3.63, 3.8) is 0 Å². The molecular weight excluding hydrogens is 253 g/mol. The van der Waals surface area contributed by atoms with Crippen molar-refractivity contribution < 1.29 is 9.13 Å². The van der Waals surface area contributed by atoms with Crippen LogP contribution in [0.3, 0.4) is 0 Å². The standard InChI is InChI=1S/C14H19ClFNO/c1-17-13(14(18-2)7-3-4-8-14)11-9-10(16)5-6-12(11)15/h5-6,9,13,17H,3-4,7-8H2,1-2H3. The molecule has 0 heterocycles. The lowest BCUT2D eigenvalue weighted by Gasteiger charge is -2.37. The number of methoxy groups -OCH3 is 1. The fourth-order valence-electron chi connectivity index (χ4n) is 3.02. The zero-order chi connectivity index (χ0) is 13.2. The average Bonchev–Trinajstić information content (AvgIpc) is 2.84. The van der Waals surface area contributed by atoms with Crippen molar-refractivity contribution in [2.75, 3.05) is 14.2 Å². The average molecular weight is 272 g/mol. The Labute approximate surface area is 112 Å². The van der Waals surface area contributed by atoms with Gasteiger partial charge in [0.2, 0.25) is 0 Å². The number of ether oxygens (including phenoxy) is 1. The van der Waals surface area contributed by atoms with Crippen molar-refractivity contribution in [2.45, 2.75) is 37.3 Å². The summed E-state index contributed by atoms with van der Waals surface area (Å²) in [4.78, 5) is 0. The maximum Gasteiger partial charge on any atom is 0.123 e. The lowest BCUT2D eigenvalue weighted by molar-refractivity contribution is -0.0349. The SMILES string of the molecule is CNC(c1cc(F)ccc1Cl)C1(OC)CCCC1. The van der Waals surface area contributed by atoms with E-state index in [4.69, 9.17) is 16.3 Å². The van der Waals surface area contributed by atoms with E-state index in [1.807, 2.05) is 7.05 Å². The summed E-state index contributed by atoms with van der Waals surface area (Å²) in [5.74, 6) is -0.265. The molecule has 0 spiro atoms. The number of benzene rings is 1. The second-order valence-electron chi connectivity index (χ2n) is 4.86. The van der Waals surface area contributed by atoms with E-state index in [1.165, 1.54) is 12.1 Å². The number of likely N-dealkylation sites (N-methyl/N-ethyl adjacent to an activating group) is 1. The zero-order valence-electron chi connectivity index (χ0n) is 10.8. The zero-order valence-corrected chi connectivity index (χ0v) is 11.6. The molecule has 0 radical (unpaired) electrons. The third-order valence-electron chi connectivity index (χ3n) is 3.94. The Balaban J connectivity index is 2.40. The summed E-state index contributed by atoms with van der Waals surface area (Å²) in [6, 6.07) is 4.41. The Bertz CT molecular complexity index is 418. The Hall–Kier alpha value is -0.640. The van der Waals surface area contributed by atoms with E-state index in [1.54, 1.807) is 13.2 Å². The third kappa shape index (κ3) is 2.40. The minimum Gasteiger partial charge on any atom is -0.376 e. The van der Waals surface area contributed by atoms with Gasteiger partial charge in [-0.25, -0.2) is 4.39 Å². The van der Waals surface area contributed by atoms with E-state index in [9.17, 15) is 4.39 Å². The summed E-state index contributed by atoms with van der Waals surface area (Å²) < 4.78 is 19.2. The molecule has 1 aromatic rings. The first-order valence-corrected chi connectivity index (χ1v) is 6.68. The number of nitrogens with one attached hydrogen (secondary N) is 1. The number of rotatable bonds is 4. The van der Waals surface area contributed by atoms with Crippen molar-refractivity contribution in [1.29, 1.82) is 0 Å². The number of halogens is 2. The molecule has 2 rings (SSSR count). The highest BCUT2D eigenvalue weighted by Crippen LogP contribution is 2.44. The van der Waals surface area contributed by atoms with E-state index in [0.29, 0.717) is 5.02 Å². The molecule has 1 aliphatic carbocycles. The summed E-state index contributed by atoms with van der Waals surface area (Å²) in [5.41, 5.74) is 0.509. The second kappa shape index (κ2) is 5.55. The van der Waals surface area contributed by atoms with E-state index < -0.39 is 0 Å². The smallest absolute Gasteiger partial charge is 0.123 e. The quantitative estimate of drug-likeness (QED) is 0.902. The Morgan fingerprint density at radius 1 is 1.39 bits per heavy atom. The molecule has 0 aliphatic heterocycles. The second-order valence-corrected chi connectivity index (χ2v) is 5.27. The van der Waals surface area contributed by atoms with Crippen LogP contribution in [0.5, 0.6) is 0 Å². The summed E-state index contributed by atoms with van der Waals surface area (Å²) >= 11 is 6.20. The van der Waals surface area contributed by atoms with Crippen molar-refractivity contribution in [3.8, 4) is 0 Å². The Morgan fingerprint density at radius 3 is 2.61 bits per heavy atom. The van der Waals surface area contributed by atoms with Crippen LogP contribution in [-0.2, 0) is 4.74 Å². The van der Waals surface area contributed by atoms with Crippen LogP contribution in [-0.4, -0.2) is 19.8 Å². The van der Waals surface area contributed by atoms with Crippen LogP contribution in [0.2, 0.25) is 5.02 Å². The Kier molecular flexibility index (Phi) is 4.25. The van der Waals surface area contributed by atoms with Gasteiger partial charge in [0.15, 0.2) is 0 Å². The first-order valence-electron chi connectivity index (χ1n) is 6.30. The van der Waals surface area contributed by atoms with Gasteiger partial charge in [-0.2, -0.15) is 0 Å². The lowest BCUT2D eigenvalue weighted by Crippen LogP contribution is -2.42. The third-order valence-corrected chi connectivity index (χ3v) is 4.28. The first kappa shape index (κ1) is 13.8. The molecule has 1 atom stereocenters. The number of hydrogen-bond donors (Lipinski definition) is 1. The van der Waals surface area contributed by atoms with Crippen molar-refractivity contribution in [1.82, 2.24) is 5.32 Å². The van der Waals surface area contributed by atoms with E-state index in [-0.39, 0.29) is 17.5 Å². The summed E-state index contributed by atoms with van der Waals surface area (Å²) in [6.45, 7) is 0. The van der Waals surface area contributed by atoms with Crippen LogP contribution >= 0.6 is 11.6 Å². The molecule has 1 unspecified atom stereocenters. The Morgan fingerprint density at radius 2 is 2.06 bits per heavy atom. The van der Waals surface area contributed by atoms with Crippen LogP contribution < -0.4 is 5.32 Å². The molecular formula is C14H19ClFNO. The van der Waals surface area contributed by atoms with Gasteiger partial charge in [-0.3, -0.25) is 0 Å². The minimum atomic E-state index is -0.272. The van der Waals surface area contributed by atoms with Crippen molar-refractivity contribution >= 4 is 11.6 Å². The maximum atomic E-state index is 13.4. The molecule has 18 heavy (non-hydrogen) atoms. The summed E-state index contributed by atoms with van der Waals surface area (Å²) in [7, 11) is 3.59. The molecule has 0 bridgehead atoms. The highest BCUT2D eigenvalue weighted by Gasteiger charge is 2.42. The lowest BCUT2D eigenvalue weighted by atomic mass is 9.86. The predicted molar refractivity (Wildman–Crippen MR) is 71.4 cm³/mol. The normalized spacial score (nSPS) is 20.0. The van der Waals surface area contributed by atoms with Gasteiger partial charge < -0.3 is 10.1 Å². The molecule has 1 N–H and O–H groups in total. The van der Waals surface area contributed by atoms with Gasteiger partial charge in [0.05, 0.1) is 11.6 Å². The highest BCUT2D eigenvalue weighted by atomic mass is 35.5. The fraction of sp³-hybridized carbons (Fsp3) is 0.571. The highest BCUT2D eigenvalue weighted by molar-refractivity contribution is 6.31. The number of hydrogen-bond acceptors (Lipinski definition) is 2. The molecule has 1 fully saturated rings. The summed E-state index contributed by atoms with van der Waals surface area (Å²) in [6.07, 6.45) is 4.22. The molecule has 0 aromatic heterocycles. The van der Waals surface area contributed by atoms with Crippen molar-refractivity contribution in [3.05, 3.63) is 34.6 Å².